The Morgan fingerprint density at radius 2 is 0.882 bits per heavy atom. The van der Waals surface area contributed by atoms with Crippen molar-refractivity contribution >= 4 is 35.6 Å². The number of hydrogen-bond acceptors (Lipinski definition) is 4. The number of phenols is 2. The molecule has 0 radical (unpaired) electrons. The second-order valence-corrected chi connectivity index (χ2v) is 8.54. The van der Waals surface area contributed by atoms with Crippen LogP contribution in [-0.4, -0.2) is 22.6 Å². The molecule has 2 atom stereocenters. The van der Waals surface area contributed by atoms with Crippen LogP contribution in [0.25, 0.3) is 0 Å². The van der Waals surface area contributed by atoms with Crippen LogP contribution >= 0.6 is 23.2 Å². The average molecular weight is 489 g/mol. The Bertz CT molecular complexity index is 1200. The molecule has 170 valence electrons. The molecule has 0 saturated heterocycles. The molecule has 4 rings (SSSR count). The van der Waals surface area contributed by atoms with E-state index in [2.05, 4.69) is 0 Å². The summed E-state index contributed by atoms with van der Waals surface area (Å²) < 4.78 is 0. The molecule has 0 amide bonds. The third-order valence-electron chi connectivity index (χ3n) is 5.34. The maximum absolute atomic E-state index is 10.2. The summed E-state index contributed by atoms with van der Waals surface area (Å²) in [5.41, 5.74) is 2.98. The van der Waals surface area contributed by atoms with Gasteiger partial charge in [0.05, 0.1) is 0 Å². The fraction of sp³-hybridized carbons (Fsp3) is 0.0714. The van der Waals surface area contributed by atoms with Crippen LogP contribution in [0.3, 0.4) is 0 Å². The van der Waals surface area contributed by atoms with Crippen LogP contribution in [0, 0.1) is 0 Å². The highest BCUT2D eigenvalue weighted by atomic mass is 35.5. The largest absolute Gasteiger partial charge is 0.507 e. The Morgan fingerprint density at radius 3 is 1.24 bits per heavy atom. The van der Waals surface area contributed by atoms with Gasteiger partial charge in [0.1, 0.15) is 23.6 Å². The van der Waals surface area contributed by atoms with Gasteiger partial charge in [-0.05, 0) is 59.7 Å². The topological polar surface area (TPSA) is 65.2 Å². The zero-order chi connectivity index (χ0) is 23.9. The van der Waals surface area contributed by atoms with E-state index in [1.807, 2.05) is 60.7 Å². The van der Waals surface area contributed by atoms with Gasteiger partial charge in [0.15, 0.2) is 0 Å². The highest BCUT2D eigenvalue weighted by Crippen LogP contribution is 2.37. The van der Waals surface area contributed by atoms with Crippen LogP contribution in [0.5, 0.6) is 11.5 Å². The summed E-state index contributed by atoms with van der Waals surface area (Å²) in [7, 11) is 0. The van der Waals surface area contributed by atoms with Crippen molar-refractivity contribution in [3.8, 4) is 11.5 Å². The van der Waals surface area contributed by atoms with Gasteiger partial charge in [0.25, 0.3) is 0 Å². The number of halogens is 2. The molecule has 4 aromatic rings. The standard InChI is InChI=1S/C28H22Cl2N2O2/c29-23-13-9-19(10-14-23)27(31-17-21-5-1-3-7-25(21)33)28(20-11-15-24(30)16-12-20)32-18-22-6-2-4-8-26(22)34/h1-18,27-28,33-34H/t27-,28+. The van der Waals surface area contributed by atoms with E-state index >= 15 is 0 Å². The van der Waals surface area contributed by atoms with Gasteiger partial charge >= 0.3 is 0 Å². The third-order valence-corrected chi connectivity index (χ3v) is 5.85. The van der Waals surface area contributed by atoms with Crippen molar-refractivity contribution in [3.63, 3.8) is 0 Å². The van der Waals surface area contributed by atoms with Gasteiger partial charge in [-0.15, -0.1) is 0 Å². The number of benzene rings is 4. The second kappa shape index (κ2) is 11.0. The van der Waals surface area contributed by atoms with E-state index in [-0.39, 0.29) is 11.5 Å². The van der Waals surface area contributed by atoms with Crippen molar-refractivity contribution in [1.82, 2.24) is 0 Å². The van der Waals surface area contributed by atoms with Gasteiger partial charge < -0.3 is 10.2 Å². The lowest BCUT2D eigenvalue weighted by molar-refractivity contribution is 0.473. The lowest BCUT2D eigenvalue weighted by Crippen LogP contribution is -2.09. The molecule has 0 saturated carbocycles. The smallest absolute Gasteiger partial charge is 0.124 e. The van der Waals surface area contributed by atoms with Gasteiger partial charge in [0.2, 0.25) is 0 Å². The molecule has 0 aliphatic rings. The monoisotopic (exact) mass is 488 g/mol. The maximum Gasteiger partial charge on any atom is 0.124 e. The first kappa shape index (κ1) is 23.6. The number of rotatable bonds is 7. The number of aliphatic imine (C=N–C) groups is 2. The van der Waals surface area contributed by atoms with E-state index in [0.717, 1.165) is 11.1 Å². The molecule has 0 aliphatic heterocycles. The SMILES string of the molecule is Oc1ccccc1C=N[C@H](c1ccc(Cl)cc1)[C@@H](N=Cc1ccccc1O)c1ccc(Cl)cc1. The van der Waals surface area contributed by atoms with Gasteiger partial charge in [-0.3, -0.25) is 9.98 Å². The number of nitrogens with zero attached hydrogens (tertiary/aromatic N) is 2. The van der Waals surface area contributed by atoms with Crippen LogP contribution in [0.2, 0.25) is 10.0 Å². The first-order valence-electron chi connectivity index (χ1n) is 10.6. The van der Waals surface area contributed by atoms with E-state index in [0.29, 0.717) is 21.2 Å². The van der Waals surface area contributed by atoms with Crippen molar-refractivity contribution in [1.29, 1.82) is 0 Å². The lowest BCUT2D eigenvalue weighted by Gasteiger charge is -2.22. The molecule has 4 aromatic carbocycles. The van der Waals surface area contributed by atoms with Crippen molar-refractivity contribution in [2.45, 2.75) is 12.1 Å². The fourth-order valence-corrected chi connectivity index (χ4v) is 3.79. The minimum atomic E-state index is -0.444. The minimum Gasteiger partial charge on any atom is -0.507 e. The molecule has 0 bridgehead atoms. The summed E-state index contributed by atoms with van der Waals surface area (Å²) in [6.45, 7) is 0. The molecule has 0 fully saturated rings. The first-order valence-corrected chi connectivity index (χ1v) is 11.4. The predicted octanol–water partition coefficient (Wildman–Crippen LogP) is 7.43. The lowest BCUT2D eigenvalue weighted by atomic mass is 9.94. The van der Waals surface area contributed by atoms with Crippen LogP contribution in [0.1, 0.15) is 34.3 Å². The molecular weight excluding hydrogens is 467 g/mol. The Labute approximate surface area is 208 Å². The summed E-state index contributed by atoms with van der Waals surface area (Å²) in [4.78, 5) is 9.70. The Kier molecular flexibility index (Phi) is 7.63. The van der Waals surface area contributed by atoms with Crippen LogP contribution < -0.4 is 0 Å². The zero-order valence-electron chi connectivity index (χ0n) is 18.1. The highest BCUT2D eigenvalue weighted by Gasteiger charge is 2.24. The van der Waals surface area contributed by atoms with Crippen molar-refractivity contribution < 1.29 is 10.2 Å². The summed E-state index contributed by atoms with van der Waals surface area (Å²) in [6, 6.07) is 28.0. The van der Waals surface area contributed by atoms with Gasteiger partial charge in [-0.2, -0.15) is 0 Å². The van der Waals surface area contributed by atoms with Gasteiger partial charge in [0, 0.05) is 33.6 Å². The molecule has 0 spiro atoms. The average Bonchev–Trinajstić information content (AvgIpc) is 2.84. The highest BCUT2D eigenvalue weighted by molar-refractivity contribution is 6.30. The number of para-hydroxylation sites is 2. The number of hydrogen-bond donors (Lipinski definition) is 2. The van der Waals surface area contributed by atoms with Gasteiger partial charge in [-0.1, -0.05) is 71.7 Å². The van der Waals surface area contributed by atoms with Crippen LogP contribution in [0.4, 0.5) is 0 Å². The normalized spacial score (nSPS) is 13.4. The number of phenolic OH excluding ortho intramolecular Hbond substituents is 2. The molecule has 0 aromatic heterocycles. The minimum absolute atomic E-state index is 0.141. The second-order valence-electron chi connectivity index (χ2n) is 7.67. The Morgan fingerprint density at radius 1 is 0.529 bits per heavy atom. The van der Waals surface area contributed by atoms with Crippen LogP contribution in [0.15, 0.2) is 107 Å². The maximum atomic E-state index is 10.2. The number of aromatic hydroxyl groups is 2. The molecule has 0 unspecified atom stereocenters. The quantitative estimate of drug-likeness (QED) is 0.265. The van der Waals surface area contributed by atoms with E-state index in [1.54, 1.807) is 48.8 Å². The van der Waals surface area contributed by atoms with Crippen molar-refractivity contribution in [2.24, 2.45) is 9.98 Å². The summed E-state index contributed by atoms with van der Waals surface area (Å²) in [5.74, 6) is 0.281. The summed E-state index contributed by atoms with van der Waals surface area (Å²) in [5, 5.41) is 21.7. The Balaban J connectivity index is 1.82. The summed E-state index contributed by atoms with van der Waals surface area (Å²) in [6.07, 6.45) is 3.29. The van der Waals surface area contributed by atoms with Crippen molar-refractivity contribution in [2.75, 3.05) is 0 Å². The zero-order valence-corrected chi connectivity index (χ0v) is 19.6. The molecule has 0 aliphatic carbocycles. The Hall–Kier alpha value is -3.60. The van der Waals surface area contributed by atoms with E-state index in [1.165, 1.54) is 0 Å². The predicted molar refractivity (Wildman–Crippen MR) is 140 cm³/mol. The third kappa shape index (κ3) is 5.84. The van der Waals surface area contributed by atoms with Crippen molar-refractivity contribution in [3.05, 3.63) is 129 Å². The molecule has 6 heteroatoms. The molecule has 34 heavy (non-hydrogen) atoms. The summed E-state index contributed by atoms with van der Waals surface area (Å²) >= 11 is 12.3. The molecule has 4 nitrogen and oxygen atoms in total. The van der Waals surface area contributed by atoms with Crippen LogP contribution in [-0.2, 0) is 0 Å². The van der Waals surface area contributed by atoms with Gasteiger partial charge in [-0.25, -0.2) is 0 Å². The molecular formula is C28H22Cl2N2O2. The fourth-order valence-electron chi connectivity index (χ4n) is 3.53. The molecule has 0 heterocycles. The van der Waals surface area contributed by atoms with E-state index < -0.39 is 12.1 Å². The van der Waals surface area contributed by atoms with E-state index in [9.17, 15) is 10.2 Å². The first-order chi connectivity index (χ1) is 16.5. The molecule has 2 N–H and O–H groups in total. The van der Waals surface area contributed by atoms with E-state index in [4.69, 9.17) is 33.2 Å².